The molecule has 2 aromatic rings. The van der Waals surface area contributed by atoms with Gasteiger partial charge in [0.1, 0.15) is 0 Å². The minimum absolute atomic E-state index is 0.709. The Morgan fingerprint density at radius 3 is 1.90 bits per heavy atom. The van der Waals surface area contributed by atoms with Gasteiger partial charge in [-0.15, -0.1) is 0 Å². The first-order valence-electron chi connectivity index (χ1n) is 8.27. The molecule has 1 unspecified atom stereocenters. The molecule has 116 valence electrons. The van der Waals surface area contributed by atoms with Crippen LogP contribution in [0.4, 0.5) is 0 Å². The molecule has 1 atom stereocenters. The normalized spacial score (nSPS) is 10.6. The molecule has 0 aliphatic heterocycles. The summed E-state index contributed by atoms with van der Waals surface area (Å²) in [5, 5.41) is 0. The molecule has 0 aliphatic rings. The first-order chi connectivity index (χ1) is 10.2. The highest BCUT2D eigenvalue weighted by molar-refractivity contribution is 5.21. The van der Waals surface area contributed by atoms with Crippen molar-refractivity contribution in [1.29, 1.82) is 0 Å². The molecule has 0 aliphatic carbocycles. The molecule has 0 saturated carbocycles. The SMILES string of the molecule is CC.CCC(C)c1ccccc1.CCc1cccc(C)c1. The van der Waals surface area contributed by atoms with E-state index in [0.717, 1.165) is 6.42 Å². The summed E-state index contributed by atoms with van der Waals surface area (Å²) >= 11 is 0. The van der Waals surface area contributed by atoms with E-state index in [-0.39, 0.29) is 0 Å². The lowest BCUT2D eigenvalue weighted by Crippen LogP contribution is -1.88. The molecule has 0 heteroatoms. The summed E-state index contributed by atoms with van der Waals surface area (Å²) in [4.78, 5) is 0. The third kappa shape index (κ3) is 8.34. The highest BCUT2D eigenvalue weighted by Gasteiger charge is 1.98. The summed E-state index contributed by atoms with van der Waals surface area (Å²) < 4.78 is 0. The van der Waals surface area contributed by atoms with Gasteiger partial charge in [-0.05, 0) is 36.8 Å². The second-order valence-corrected chi connectivity index (χ2v) is 5.06. The van der Waals surface area contributed by atoms with Crippen molar-refractivity contribution in [2.24, 2.45) is 0 Å². The molecule has 0 fully saturated rings. The predicted molar refractivity (Wildman–Crippen MR) is 97.1 cm³/mol. The Balaban J connectivity index is 0.000000342. The predicted octanol–water partition coefficient (Wildman–Crippen LogP) is 6.78. The van der Waals surface area contributed by atoms with Crippen molar-refractivity contribution in [2.45, 2.75) is 60.3 Å². The lowest BCUT2D eigenvalue weighted by molar-refractivity contribution is 0.733. The van der Waals surface area contributed by atoms with Gasteiger partial charge < -0.3 is 0 Å². The van der Waals surface area contributed by atoms with Crippen LogP contribution in [0.15, 0.2) is 54.6 Å². The molecule has 0 radical (unpaired) electrons. The number of rotatable bonds is 3. The van der Waals surface area contributed by atoms with Gasteiger partial charge in [-0.1, -0.05) is 94.8 Å². The molecular weight excluding hydrogens is 252 g/mol. The molecular formula is C21H32. The Bertz CT molecular complexity index is 456. The van der Waals surface area contributed by atoms with E-state index in [2.05, 4.69) is 82.3 Å². The Hall–Kier alpha value is -1.56. The van der Waals surface area contributed by atoms with Crippen molar-refractivity contribution < 1.29 is 0 Å². The van der Waals surface area contributed by atoms with Crippen LogP contribution in [0.1, 0.15) is 63.6 Å². The Morgan fingerprint density at radius 1 is 0.857 bits per heavy atom. The summed E-state index contributed by atoms with van der Waals surface area (Å²) in [6, 6.07) is 19.2. The minimum atomic E-state index is 0.709. The van der Waals surface area contributed by atoms with E-state index in [1.54, 1.807) is 0 Å². The molecule has 21 heavy (non-hydrogen) atoms. The Kier molecular flexibility index (Phi) is 11.3. The van der Waals surface area contributed by atoms with E-state index in [4.69, 9.17) is 0 Å². The van der Waals surface area contributed by atoms with E-state index < -0.39 is 0 Å². The number of benzene rings is 2. The van der Waals surface area contributed by atoms with Crippen molar-refractivity contribution in [3.63, 3.8) is 0 Å². The smallest absolute Gasteiger partial charge is 0.0193 e. The van der Waals surface area contributed by atoms with Crippen molar-refractivity contribution in [3.8, 4) is 0 Å². The highest BCUT2D eigenvalue weighted by Crippen LogP contribution is 2.16. The maximum Gasteiger partial charge on any atom is -0.0193 e. The fraction of sp³-hybridized carbons (Fsp3) is 0.429. The van der Waals surface area contributed by atoms with Gasteiger partial charge in [0.05, 0.1) is 0 Å². The van der Waals surface area contributed by atoms with Crippen LogP contribution in [-0.2, 0) is 6.42 Å². The molecule has 2 aromatic carbocycles. The first-order valence-corrected chi connectivity index (χ1v) is 8.27. The van der Waals surface area contributed by atoms with Gasteiger partial charge >= 0.3 is 0 Å². The molecule has 0 amide bonds. The van der Waals surface area contributed by atoms with Crippen LogP contribution in [0, 0.1) is 6.92 Å². The maximum atomic E-state index is 2.26. The van der Waals surface area contributed by atoms with Crippen LogP contribution in [0.3, 0.4) is 0 Å². The molecule has 0 nitrogen and oxygen atoms in total. The second-order valence-electron chi connectivity index (χ2n) is 5.06. The van der Waals surface area contributed by atoms with Crippen molar-refractivity contribution in [2.75, 3.05) is 0 Å². The zero-order chi connectivity index (χ0) is 16.1. The van der Waals surface area contributed by atoms with Crippen LogP contribution in [0.25, 0.3) is 0 Å². The van der Waals surface area contributed by atoms with E-state index in [1.165, 1.54) is 23.1 Å². The van der Waals surface area contributed by atoms with E-state index in [9.17, 15) is 0 Å². The summed E-state index contributed by atoms with van der Waals surface area (Å²) in [6.45, 7) is 12.8. The van der Waals surface area contributed by atoms with Crippen LogP contribution in [0.5, 0.6) is 0 Å². The third-order valence-electron chi connectivity index (χ3n) is 3.47. The topological polar surface area (TPSA) is 0 Å². The fourth-order valence-electron chi connectivity index (χ4n) is 1.95. The standard InChI is InChI=1S/C10H14.C9H12.C2H6/c1-3-9(2)10-7-5-4-6-8-10;1-3-9-6-4-5-8(2)7-9;1-2/h4-9H,3H2,1-2H3;4-7H,3H2,1-2H3;1-2H3. The summed E-state index contributed by atoms with van der Waals surface area (Å²) in [7, 11) is 0. The molecule has 0 saturated heterocycles. The van der Waals surface area contributed by atoms with Crippen LogP contribution < -0.4 is 0 Å². The molecule has 0 heterocycles. The van der Waals surface area contributed by atoms with Crippen molar-refractivity contribution in [1.82, 2.24) is 0 Å². The minimum Gasteiger partial charge on any atom is -0.0683 e. The fourth-order valence-corrected chi connectivity index (χ4v) is 1.95. The average Bonchev–Trinajstić information content (AvgIpc) is 2.57. The molecule has 0 spiro atoms. The lowest BCUT2D eigenvalue weighted by atomic mass is 9.99. The molecule has 2 rings (SSSR count). The number of hydrogen-bond donors (Lipinski definition) is 0. The van der Waals surface area contributed by atoms with Gasteiger partial charge in [0.15, 0.2) is 0 Å². The van der Waals surface area contributed by atoms with Gasteiger partial charge in [0.25, 0.3) is 0 Å². The van der Waals surface area contributed by atoms with Gasteiger partial charge in [-0.2, -0.15) is 0 Å². The largest absolute Gasteiger partial charge is 0.0683 e. The Labute approximate surface area is 132 Å². The van der Waals surface area contributed by atoms with Gasteiger partial charge in [-0.3, -0.25) is 0 Å². The zero-order valence-electron chi connectivity index (χ0n) is 14.7. The molecule has 0 N–H and O–H groups in total. The summed E-state index contributed by atoms with van der Waals surface area (Å²) in [5.74, 6) is 0.709. The molecule has 0 aromatic heterocycles. The van der Waals surface area contributed by atoms with Crippen molar-refractivity contribution >= 4 is 0 Å². The van der Waals surface area contributed by atoms with Gasteiger partial charge in [0, 0.05) is 0 Å². The first kappa shape index (κ1) is 19.4. The second kappa shape index (κ2) is 12.2. The Morgan fingerprint density at radius 2 is 1.48 bits per heavy atom. The van der Waals surface area contributed by atoms with Crippen LogP contribution >= 0.6 is 0 Å². The van der Waals surface area contributed by atoms with Gasteiger partial charge in [-0.25, -0.2) is 0 Å². The van der Waals surface area contributed by atoms with Crippen LogP contribution in [0.2, 0.25) is 0 Å². The number of aryl methyl sites for hydroxylation is 2. The lowest BCUT2D eigenvalue weighted by Gasteiger charge is -2.06. The van der Waals surface area contributed by atoms with E-state index in [0.29, 0.717) is 5.92 Å². The summed E-state index contributed by atoms with van der Waals surface area (Å²) in [6.07, 6.45) is 2.37. The summed E-state index contributed by atoms with van der Waals surface area (Å²) in [5.41, 5.74) is 4.23. The maximum absolute atomic E-state index is 2.26. The quantitative estimate of drug-likeness (QED) is 0.582. The third-order valence-corrected chi connectivity index (χ3v) is 3.47. The van der Waals surface area contributed by atoms with Gasteiger partial charge in [0.2, 0.25) is 0 Å². The van der Waals surface area contributed by atoms with E-state index >= 15 is 0 Å². The molecule has 0 bridgehead atoms. The van der Waals surface area contributed by atoms with Crippen molar-refractivity contribution in [3.05, 3.63) is 71.3 Å². The zero-order valence-corrected chi connectivity index (χ0v) is 14.7. The van der Waals surface area contributed by atoms with Crippen LogP contribution in [-0.4, -0.2) is 0 Å². The monoisotopic (exact) mass is 284 g/mol. The van der Waals surface area contributed by atoms with E-state index in [1.807, 2.05) is 13.8 Å². The number of hydrogen-bond acceptors (Lipinski definition) is 0. The highest BCUT2D eigenvalue weighted by atomic mass is 14.0. The average molecular weight is 284 g/mol.